The Morgan fingerprint density at radius 1 is 1.07 bits per heavy atom. The third-order valence-electron chi connectivity index (χ3n) is 2.88. The standard InChI is InChI=1S/C9H14F3NO2/c10-9(11,12)7-2-1-6(5-13-7)8-14-3-4-15-8/h6-8,13H,1-5H2. The van der Waals surface area contributed by atoms with Crippen molar-refractivity contribution in [2.24, 2.45) is 5.92 Å². The van der Waals surface area contributed by atoms with Crippen molar-refractivity contribution in [2.45, 2.75) is 31.3 Å². The van der Waals surface area contributed by atoms with Crippen LogP contribution in [0.1, 0.15) is 12.8 Å². The summed E-state index contributed by atoms with van der Waals surface area (Å²) in [5.74, 6) is 0.0473. The third-order valence-corrected chi connectivity index (χ3v) is 2.88. The van der Waals surface area contributed by atoms with Gasteiger partial charge in [0, 0.05) is 12.5 Å². The Kier molecular flexibility index (Phi) is 3.18. The van der Waals surface area contributed by atoms with Crippen molar-refractivity contribution in [3.63, 3.8) is 0 Å². The summed E-state index contributed by atoms with van der Waals surface area (Å²) < 4.78 is 47.5. The topological polar surface area (TPSA) is 30.5 Å². The van der Waals surface area contributed by atoms with Gasteiger partial charge in [-0.2, -0.15) is 13.2 Å². The highest BCUT2D eigenvalue weighted by Crippen LogP contribution is 2.30. The summed E-state index contributed by atoms with van der Waals surface area (Å²) in [5, 5.41) is 2.50. The first-order valence-electron chi connectivity index (χ1n) is 5.10. The SMILES string of the molecule is FC(F)(F)C1CCC(C2OCCO2)CN1. The van der Waals surface area contributed by atoms with Crippen molar-refractivity contribution >= 4 is 0 Å². The van der Waals surface area contributed by atoms with Gasteiger partial charge in [-0.1, -0.05) is 0 Å². The Bertz CT molecular complexity index is 208. The summed E-state index contributed by atoms with van der Waals surface area (Å²) in [5.41, 5.74) is 0. The Morgan fingerprint density at radius 3 is 2.20 bits per heavy atom. The first kappa shape index (κ1) is 11.2. The van der Waals surface area contributed by atoms with Gasteiger partial charge < -0.3 is 14.8 Å². The number of rotatable bonds is 1. The van der Waals surface area contributed by atoms with E-state index in [1.54, 1.807) is 0 Å². The van der Waals surface area contributed by atoms with Gasteiger partial charge in [-0.25, -0.2) is 0 Å². The maximum atomic E-state index is 12.3. The summed E-state index contributed by atoms with van der Waals surface area (Å²) in [6, 6.07) is -1.37. The van der Waals surface area contributed by atoms with Crippen LogP contribution in [-0.2, 0) is 9.47 Å². The van der Waals surface area contributed by atoms with Gasteiger partial charge in [-0.05, 0) is 12.8 Å². The summed E-state index contributed by atoms with van der Waals surface area (Å²) in [7, 11) is 0. The second kappa shape index (κ2) is 4.27. The number of hydrogen-bond donors (Lipinski definition) is 1. The average molecular weight is 225 g/mol. The Morgan fingerprint density at radius 2 is 1.73 bits per heavy atom. The van der Waals surface area contributed by atoms with Gasteiger partial charge in [-0.3, -0.25) is 0 Å². The molecule has 0 aromatic carbocycles. The molecule has 2 aliphatic heterocycles. The zero-order valence-corrected chi connectivity index (χ0v) is 8.22. The van der Waals surface area contributed by atoms with E-state index < -0.39 is 12.2 Å². The van der Waals surface area contributed by atoms with Gasteiger partial charge in [0.25, 0.3) is 0 Å². The maximum absolute atomic E-state index is 12.3. The average Bonchev–Trinajstić information content (AvgIpc) is 2.69. The van der Waals surface area contributed by atoms with Crippen molar-refractivity contribution < 1.29 is 22.6 Å². The third kappa shape index (κ3) is 2.62. The van der Waals surface area contributed by atoms with Crippen LogP contribution < -0.4 is 5.32 Å². The summed E-state index contributed by atoms with van der Waals surface area (Å²) in [6.45, 7) is 1.41. The number of nitrogens with one attached hydrogen (secondary N) is 1. The van der Waals surface area contributed by atoms with Crippen molar-refractivity contribution in [1.82, 2.24) is 5.32 Å². The first-order chi connectivity index (χ1) is 7.07. The highest BCUT2D eigenvalue weighted by molar-refractivity contribution is 4.84. The Labute approximate surface area is 85.9 Å². The minimum absolute atomic E-state index is 0.0473. The van der Waals surface area contributed by atoms with Crippen molar-refractivity contribution in [1.29, 1.82) is 0 Å². The van der Waals surface area contributed by atoms with E-state index in [1.165, 1.54) is 0 Å². The maximum Gasteiger partial charge on any atom is 0.403 e. The molecule has 2 unspecified atom stereocenters. The molecule has 15 heavy (non-hydrogen) atoms. The lowest BCUT2D eigenvalue weighted by Crippen LogP contribution is -2.50. The number of hydrogen-bond acceptors (Lipinski definition) is 3. The fourth-order valence-corrected chi connectivity index (χ4v) is 2.04. The van der Waals surface area contributed by atoms with Crippen LogP contribution in [0.3, 0.4) is 0 Å². The highest BCUT2D eigenvalue weighted by Gasteiger charge is 2.43. The van der Waals surface area contributed by atoms with Crippen LogP contribution in [-0.4, -0.2) is 38.3 Å². The zero-order valence-electron chi connectivity index (χ0n) is 8.22. The van der Waals surface area contributed by atoms with E-state index in [2.05, 4.69) is 5.32 Å². The van der Waals surface area contributed by atoms with Gasteiger partial charge in [0.2, 0.25) is 0 Å². The van der Waals surface area contributed by atoms with Crippen LogP contribution in [0.5, 0.6) is 0 Å². The largest absolute Gasteiger partial charge is 0.403 e. The lowest BCUT2D eigenvalue weighted by atomic mass is 9.94. The van der Waals surface area contributed by atoms with Crippen molar-refractivity contribution in [2.75, 3.05) is 19.8 Å². The quantitative estimate of drug-likeness (QED) is 0.729. The number of halogens is 3. The second-order valence-corrected chi connectivity index (χ2v) is 3.95. The molecule has 2 heterocycles. The fraction of sp³-hybridized carbons (Fsp3) is 1.00. The van der Waals surface area contributed by atoms with E-state index in [4.69, 9.17) is 9.47 Å². The van der Waals surface area contributed by atoms with Crippen LogP contribution in [0.2, 0.25) is 0 Å². The van der Waals surface area contributed by atoms with Crippen LogP contribution in [0.25, 0.3) is 0 Å². The molecule has 2 aliphatic rings. The lowest BCUT2D eigenvalue weighted by Gasteiger charge is -2.33. The van der Waals surface area contributed by atoms with Crippen LogP contribution >= 0.6 is 0 Å². The molecule has 0 aliphatic carbocycles. The lowest BCUT2D eigenvalue weighted by molar-refractivity contribution is -0.169. The molecule has 0 aromatic rings. The molecule has 0 spiro atoms. The van der Waals surface area contributed by atoms with Gasteiger partial charge in [0.05, 0.1) is 13.2 Å². The molecule has 2 rings (SSSR count). The molecule has 0 radical (unpaired) electrons. The molecule has 3 nitrogen and oxygen atoms in total. The molecule has 2 atom stereocenters. The van der Waals surface area contributed by atoms with Crippen LogP contribution in [0.4, 0.5) is 13.2 Å². The smallest absolute Gasteiger partial charge is 0.350 e. The molecule has 6 heteroatoms. The molecular formula is C9H14F3NO2. The van der Waals surface area contributed by atoms with E-state index in [-0.39, 0.29) is 18.6 Å². The molecule has 0 amide bonds. The van der Waals surface area contributed by atoms with Gasteiger partial charge >= 0.3 is 6.18 Å². The molecule has 0 bridgehead atoms. The van der Waals surface area contributed by atoms with Crippen molar-refractivity contribution in [3.05, 3.63) is 0 Å². The fourth-order valence-electron chi connectivity index (χ4n) is 2.04. The first-order valence-corrected chi connectivity index (χ1v) is 5.10. The predicted molar refractivity (Wildman–Crippen MR) is 46.3 cm³/mol. The highest BCUT2D eigenvalue weighted by atomic mass is 19.4. The van der Waals surface area contributed by atoms with E-state index in [9.17, 15) is 13.2 Å². The molecule has 2 fully saturated rings. The minimum atomic E-state index is -4.14. The predicted octanol–water partition coefficient (Wildman–Crippen LogP) is 1.29. The normalized spacial score (nSPS) is 34.6. The molecule has 2 saturated heterocycles. The number of ether oxygens (including phenoxy) is 2. The van der Waals surface area contributed by atoms with Gasteiger partial charge in [0.15, 0.2) is 6.29 Å². The zero-order chi connectivity index (χ0) is 10.9. The molecular weight excluding hydrogens is 211 g/mol. The molecule has 0 saturated carbocycles. The minimum Gasteiger partial charge on any atom is -0.350 e. The van der Waals surface area contributed by atoms with Gasteiger partial charge in [-0.15, -0.1) is 0 Å². The van der Waals surface area contributed by atoms with E-state index in [0.717, 1.165) is 0 Å². The Balaban J connectivity index is 1.81. The number of piperidine rings is 1. The molecule has 1 N–H and O–H groups in total. The summed E-state index contributed by atoms with van der Waals surface area (Å²) in [6.07, 6.45) is -3.84. The Hall–Kier alpha value is -0.330. The van der Waals surface area contributed by atoms with Gasteiger partial charge in [0.1, 0.15) is 6.04 Å². The van der Waals surface area contributed by atoms with E-state index in [0.29, 0.717) is 26.2 Å². The molecule has 0 aromatic heterocycles. The number of alkyl halides is 3. The van der Waals surface area contributed by atoms with E-state index in [1.807, 2.05) is 0 Å². The van der Waals surface area contributed by atoms with Crippen LogP contribution in [0, 0.1) is 5.92 Å². The van der Waals surface area contributed by atoms with Crippen molar-refractivity contribution in [3.8, 4) is 0 Å². The monoisotopic (exact) mass is 225 g/mol. The molecule has 88 valence electrons. The van der Waals surface area contributed by atoms with Crippen LogP contribution in [0.15, 0.2) is 0 Å². The van der Waals surface area contributed by atoms with E-state index >= 15 is 0 Å². The second-order valence-electron chi connectivity index (χ2n) is 3.95. The summed E-state index contributed by atoms with van der Waals surface area (Å²) in [4.78, 5) is 0. The summed E-state index contributed by atoms with van der Waals surface area (Å²) >= 11 is 0.